The molecule has 1 aromatic rings. The Bertz CT molecular complexity index is 355. The van der Waals surface area contributed by atoms with Gasteiger partial charge in [0.2, 0.25) is 5.01 Å². The summed E-state index contributed by atoms with van der Waals surface area (Å²) in [7, 11) is 0. The number of aromatic carboxylic acids is 1. The Labute approximate surface area is 90.6 Å². The molecule has 1 atom stereocenters. The topological polar surface area (TPSA) is 50.2 Å². The van der Waals surface area contributed by atoms with Crippen LogP contribution >= 0.6 is 23.1 Å². The molecule has 2 heterocycles. The van der Waals surface area contributed by atoms with Gasteiger partial charge in [-0.1, -0.05) is 6.92 Å². The van der Waals surface area contributed by atoms with Gasteiger partial charge in [0.1, 0.15) is 0 Å². The Morgan fingerprint density at radius 3 is 3.00 bits per heavy atom. The molecule has 14 heavy (non-hydrogen) atoms. The number of hydrogen-bond acceptors (Lipinski definition) is 4. The number of carboxylic acid groups (broad SMARTS) is 1. The summed E-state index contributed by atoms with van der Waals surface area (Å²) in [6.45, 7) is 2.19. The molecule has 1 unspecified atom stereocenters. The molecule has 3 nitrogen and oxygen atoms in total. The number of aromatic nitrogens is 1. The Morgan fingerprint density at radius 1 is 1.71 bits per heavy atom. The second-order valence-corrected chi connectivity index (χ2v) is 5.83. The van der Waals surface area contributed by atoms with Crippen LogP contribution < -0.4 is 0 Å². The van der Waals surface area contributed by atoms with Gasteiger partial charge in [0, 0.05) is 22.2 Å². The van der Waals surface area contributed by atoms with E-state index in [-0.39, 0.29) is 10.4 Å². The fraction of sp³-hybridized carbons (Fsp3) is 0.556. The Kier molecular flexibility index (Phi) is 2.53. The lowest BCUT2D eigenvalue weighted by Gasteiger charge is -2.19. The van der Waals surface area contributed by atoms with E-state index in [4.69, 9.17) is 5.11 Å². The van der Waals surface area contributed by atoms with Crippen LogP contribution in [-0.4, -0.2) is 27.6 Å². The first-order chi connectivity index (χ1) is 6.62. The van der Waals surface area contributed by atoms with Crippen molar-refractivity contribution >= 4 is 29.1 Å². The van der Waals surface area contributed by atoms with E-state index in [0.717, 1.165) is 22.8 Å². The minimum Gasteiger partial charge on any atom is -0.476 e. The molecule has 2 rings (SSSR count). The second kappa shape index (κ2) is 3.55. The third-order valence-corrected chi connectivity index (χ3v) is 5.13. The number of thioether (sulfide) groups is 1. The van der Waals surface area contributed by atoms with Crippen molar-refractivity contribution in [3.63, 3.8) is 0 Å². The summed E-state index contributed by atoms with van der Waals surface area (Å²) in [4.78, 5) is 15.7. The zero-order valence-electron chi connectivity index (χ0n) is 7.82. The van der Waals surface area contributed by atoms with Gasteiger partial charge in [0.25, 0.3) is 0 Å². The molecule has 76 valence electrons. The summed E-state index contributed by atoms with van der Waals surface area (Å²) in [5.41, 5.74) is 0.149. The molecule has 1 fully saturated rings. The van der Waals surface area contributed by atoms with Crippen molar-refractivity contribution in [3.05, 3.63) is 16.1 Å². The summed E-state index contributed by atoms with van der Waals surface area (Å²) in [6, 6.07) is 0. The zero-order valence-corrected chi connectivity index (χ0v) is 9.45. The molecular weight excluding hydrogens is 218 g/mol. The number of carboxylic acids is 1. The first-order valence-corrected chi connectivity index (χ1v) is 6.36. The number of thiazole rings is 1. The van der Waals surface area contributed by atoms with Crippen LogP contribution in [-0.2, 0) is 5.41 Å². The van der Waals surface area contributed by atoms with E-state index in [9.17, 15) is 4.79 Å². The van der Waals surface area contributed by atoms with Crippen LogP contribution in [0.2, 0.25) is 0 Å². The highest BCUT2D eigenvalue weighted by molar-refractivity contribution is 7.99. The van der Waals surface area contributed by atoms with Gasteiger partial charge in [-0.3, -0.25) is 0 Å². The third-order valence-electron chi connectivity index (χ3n) is 2.50. The van der Waals surface area contributed by atoms with E-state index in [1.54, 1.807) is 6.20 Å². The smallest absolute Gasteiger partial charge is 0.365 e. The van der Waals surface area contributed by atoms with Crippen molar-refractivity contribution in [1.29, 1.82) is 0 Å². The van der Waals surface area contributed by atoms with Crippen LogP contribution in [0.25, 0.3) is 0 Å². The summed E-state index contributed by atoms with van der Waals surface area (Å²) in [5.74, 6) is 1.32. The molecule has 1 aliphatic rings. The van der Waals surface area contributed by atoms with Gasteiger partial charge in [0.15, 0.2) is 0 Å². The van der Waals surface area contributed by atoms with Crippen molar-refractivity contribution < 1.29 is 9.90 Å². The summed E-state index contributed by atoms with van der Waals surface area (Å²) >= 11 is 3.24. The van der Waals surface area contributed by atoms with Crippen LogP contribution in [0, 0.1) is 0 Å². The highest BCUT2D eigenvalue weighted by Gasteiger charge is 2.33. The molecule has 5 heteroatoms. The lowest BCUT2D eigenvalue weighted by Crippen LogP contribution is -2.18. The van der Waals surface area contributed by atoms with Crippen LogP contribution in [0.1, 0.15) is 28.0 Å². The molecule has 1 saturated heterocycles. The molecule has 0 spiro atoms. The van der Waals surface area contributed by atoms with E-state index >= 15 is 0 Å². The molecular formula is C9H11NO2S2. The van der Waals surface area contributed by atoms with E-state index < -0.39 is 5.97 Å². The number of carbonyl (C=O) groups is 1. The van der Waals surface area contributed by atoms with Gasteiger partial charge in [-0.25, -0.2) is 9.78 Å². The molecule has 0 aromatic carbocycles. The van der Waals surface area contributed by atoms with Gasteiger partial charge >= 0.3 is 5.97 Å². The Hall–Kier alpha value is -0.550. The lowest BCUT2D eigenvalue weighted by molar-refractivity contribution is 0.0696. The molecule has 0 bridgehead atoms. The molecule has 1 aliphatic heterocycles. The van der Waals surface area contributed by atoms with Gasteiger partial charge in [-0.2, -0.15) is 11.8 Å². The monoisotopic (exact) mass is 229 g/mol. The molecule has 0 amide bonds. The molecule has 0 radical (unpaired) electrons. The maximum Gasteiger partial charge on any atom is 0.365 e. The van der Waals surface area contributed by atoms with Crippen LogP contribution in [0.3, 0.4) is 0 Å². The Balaban J connectivity index is 2.28. The van der Waals surface area contributed by atoms with Crippen molar-refractivity contribution in [2.45, 2.75) is 18.8 Å². The number of rotatable bonds is 2. The van der Waals surface area contributed by atoms with Crippen molar-refractivity contribution in [2.75, 3.05) is 11.5 Å². The highest BCUT2D eigenvalue weighted by atomic mass is 32.2. The molecule has 0 saturated carbocycles. The van der Waals surface area contributed by atoms with E-state index in [1.165, 1.54) is 11.3 Å². The van der Waals surface area contributed by atoms with Crippen LogP contribution in [0.5, 0.6) is 0 Å². The maximum absolute atomic E-state index is 10.7. The summed E-state index contributed by atoms with van der Waals surface area (Å²) < 4.78 is 0. The summed E-state index contributed by atoms with van der Waals surface area (Å²) in [5, 5.41) is 8.97. The van der Waals surface area contributed by atoms with E-state index in [1.807, 2.05) is 11.8 Å². The number of nitrogens with zero attached hydrogens (tertiary/aromatic N) is 1. The average Bonchev–Trinajstić information content (AvgIpc) is 2.71. The van der Waals surface area contributed by atoms with Crippen molar-refractivity contribution in [1.82, 2.24) is 4.98 Å². The lowest BCUT2D eigenvalue weighted by atomic mass is 9.89. The minimum absolute atomic E-state index is 0.149. The first kappa shape index (κ1) is 9.98. The van der Waals surface area contributed by atoms with E-state index in [0.29, 0.717) is 0 Å². The fourth-order valence-corrected chi connectivity index (χ4v) is 4.02. The predicted octanol–water partition coefficient (Wildman–Crippen LogP) is 2.24. The minimum atomic E-state index is -0.921. The first-order valence-electron chi connectivity index (χ1n) is 4.39. The molecule has 0 aliphatic carbocycles. The largest absolute Gasteiger partial charge is 0.476 e. The molecule has 1 aromatic heterocycles. The standard InChI is InChI=1S/C9H11NO2S2/c1-9(2-3-13-5-9)6-4-10-7(14-6)8(11)12/h4H,2-3,5H2,1H3,(H,11,12). The average molecular weight is 229 g/mol. The van der Waals surface area contributed by atoms with Crippen molar-refractivity contribution in [3.8, 4) is 0 Å². The van der Waals surface area contributed by atoms with Crippen LogP contribution in [0.15, 0.2) is 6.20 Å². The van der Waals surface area contributed by atoms with Gasteiger partial charge in [-0.15, -0.1) is 11.3 Å². The number of hydrogen-bond donors (Lipinski definition) is 1. The zero-order chi connectivity index (χ0) is 10.2. The van der Waals surface area contributed by atoms with E-state index in [2.05, 4.69) is 11.9 Å². The van der Waals surface area contributed by atoms with Gasteiger partial charge in [0.05, 0.1) is 0 Å². The van der Waals surface area contributed by atoms with Gasteiger partial charge in [-0.05, 0) is 12.2 Å². The third kappa shape index (κ3) is 1.66. The highest BCUT2D eigenvalue weighted by Crippen LogP contribution is 2.40. The second-order valence-electron chi connectivity index (χ2n) is 3.70. The molecule has 1 N–H and O–H groups in total. The predicted molar refractivity (Wildman–Crippen MR) is 58.4 cm³/mol. The van der Waals surface area contributed by atoms with Crippen molar-refractivity contribution in [2.24, 2.45) is 0 Å². The normalized spacial score (nSPS) is 26.6. The quantitative estimate of drug-likeness (QED) is 0.845. The fourth-order valence-electron chi connectivity index (χ4n) is 1.51. The summed E-state index contributed by atoms with van der Waals surface area (Å²) in [6.07, 6.45) is 2.85. The van der Waals surface area contributed by atoms with Crippen LogP contribution in [0.4, 0.5) is 0 Å². The maximum atomic E-state index is 10.7. The van der Waals surface area contributed by atoms with Gasteiger partial charge < -0.3 is 5.11 Å². The SMILES string of the molecule is CC1(c2cnc(C(=O)O)s2)CCSC1. The Morgan fingerprint density at radius 2 is 2.50 bits per heavy atom.